The number of para-hydroxylation sites is 1. The second kappa shape index (κ2) is 8.31. The van der Waals surface area contributed by atoms with Gasteiger partial charge in [-0.25, -0.2) is 9.48 Å². The maximum absolute atomic E-state index is 11.9. The van der Waals surface area contributed by atoms with Crippen LogP contribution in [0.4, 0.5) is 5.69 Å². The molecule has 7 heteroatoms. The molecule has 2 aromatic rings. The van der Waals surface area contributed by atoms with E-state index in [9.17, 15) is 9.59 Å². The van der Waals surface area contributed by atoms with Gasteiger partial charge in [0, 0.05) is 45.5 Å². The van der Waals surface area contributed by atoms with Crippen LogP contribution in [0.3, 0.4) is 0 Å². The first kappa shape index (κ1) is 18.4. The summed E-state index contributed by atoms with van der Waals surface area (Å²) in [5.41, 5.74) is 1.96. The van der Waals surface area contributed by atoms with Gasteiger partial charge in [0.1, 0.15) is 6.20 Å². The van der Waals surface area contributed by atoms with Crippen LogP contribution >= 0.6 is 0 Å². The smallest absolute Gasteiger partial charge is 0.347 e. The molecule has 0 atom stereocenters. The van der Waals surface area contributed by atoms with E-state index in [0.717, 1.165) is 50.1 Å². The van der Waals surface area contributed by atoms with E-state index in [-0.39, 0.29) is 11.2 Å². The van der Waals surface area contributed by atoms with Crippen molar-refractivity contribution in [3.63, 3.8) is 0 Å². The summed E-state index contributed by atoms with van der Waals surface area (Å²) in [5, 5.41) is 3.93. The number of unbranched alkanes of at least 4 members (excludes halogenated alkanes) is 1. The highest BCUT2D eigenvalue weighted by atomic mass is 16.2. The highest BCUT2D eigenvalue weighted by molar-refractivity contribution is 5.53. The molecule has 0 radical (unpaired) electrons. The molecule has 0 N–H and O–H groups in total. The van der Waals surface area contributed by atoms with Gasteiger partial charge in [-0.15, -0.1) is 0 Å². The number of aryl methyl sites for hydroxylation is 2. The molecule has 0 aliphatic carbocycles. The SMILES string of the molecule is Cc1ccccc1N1CCN(CCCCn2ncc(=O)n(C)c2=O)CC1. The van der Waals surface area contributed by atoms with Crippen molar-refractivity contribution >= 4 is 5.69 Å². The zero-order valence-electron chi connectivity index (χ0n) is 15.6. The summed E-state index contributed by atoms with van der Waals surface area (Å²) in [6.45, 7) is 7.97. The molecule has 1 aromatic heterocycles. The zero-order chi connectivity index (χ0) is 18.5. The van der Waals surface area contributed by atoms with Crippen molar-refractivity contribution in [3.05, 3.63) is 56.9 Å². The average molecular weight is 357 g/mol. The number of anilines is 1. The minimum Gasteiger partial charge on any atom is -0.369 e. The first-order chi connectivity index (χ1) is 12.6. The second-order valence-corrected chi connectivity index (χ2v) is 6.87. The molecule has 3 rings (SSSR count). The first-order valence-electron chi connectivity index (χ1n) is 9.22. The quantitative estimate of drug-likeness (QED) is 0.718. The number of rotatable bonds is 6. The summed E-state index contributed by atoms with van der Waals surface area (Å²) in [7, 11) is 1.48. The number of nitrogens with zero attached hydrogens (tertiary/aromatic N) is 5. The van der Waals surface area contributed by atoms with Gasteiger partial charge in [0.2, 0.25) is 0 Å². The minimum atomic E-state index is -0.363. The molecule has 0 unspecified atom stereocenters. The van der Waals surface area contributed by atoms with Crippen molar-refractivity contribution in [2.45, 2.75) is 26.3 Å². The van der Waals surface area contributed by atoms with Crippen LogP contribution in [-0.4, -0.2) is 52.0 Å². The van der Waals surface area contributed by atoms with E-state index >= 15 is 0 Å². The Kier molecular flexibility index (Phi) is 5.88. The van der Waals surface area contributed by atoms with Crippen LogP contribution in [0.25, 0.3) is 0 Å². The van der Waals surface area contributed by atoms with Gasteiger partial charge in [0.15, 0.2) is 0 Å². The minimum absolute atomic E-state index is 0.343. The van der Waals surface area contributed by atoms with Crippen molar-refractivity contribution in [3.8, 4) is 0 Å². The van der Waals surface area contributed by atoms with E-state index in [0.29, 0.717) is 6.54 Å². The molecule has 1 aliphatic heterocycles. The molecule has 0 bridgehead atoms. The molecule has 2 heterocycles. The van der Waals surface area contributed by atoms with Gasteiger partial charge < -0.3 is 4.90 Å². The van der Waals surface area contributed by atoms with Gasteiger partial charge in [-0.1, -0.05) is 18.2 Å². The Hall–Kier alpha value is -2.41. The monoisotopic (exact) mass is 357 g/mol. The van der Waals surface area contributed by atoms with E-state index in [2.05, 4.69) is 46.1 Å². The Morgan fingerprint density at radius 1 is 1.00 bits per heavy atom. The molecule has 1 saturated heterocycles. The fraction of sp³-hybridized carbons (Fsp3) is 0.526. The van der Waals surface area contributed by atoms with E-state index in [1.807, 2.05) is 0 Å². The molecule has 1 aliphatic rings. The Morgan fingerprint density at radius 3 is 2.42 bits per heavy atom. The largest absolute Gasteiger partial charge is 0.369 e. The lowest BCUT2D eigenvalue weighted by Crippen LogP contribution is -2.46. The Morgan fingerprint density at radius 2 is 1.69 bits per heavy atom. The van der Waals surface area contributed by atoms with Gasteiger partial charge in [-0.3, -0.25) is 14.3 Å². The lowest BCUT2D eigenvalue weighted by atomic mass is 10.1. The number of benzene rings is 1. The Balaban J connectivity index is 1.42. The van der Waals surface area contributed by atoms with Crippen molar-refractivity contribution in [1.29, 1.82) is 0 Å². The van der Waals surface area contributed by atoms with E-state index in [1.165, 1.54) is 29.2 Å². The van der Waals surface area contributed by atoms with Crippen LogP contribution in [0.1, 0.15) is 18.4 Å². The third-order valence-corrected chi connectivity index (χ3v) is 5.07. The number of hydrogen-bond donors (Lipinski definition) is 0. The summed E-state index contributed by atoms with van der Waals surface area (Å²) < 4.78 is 2.47. The second-order valence-electron chi connectivity index (χ2n) is 6.87. The number of piperazine rings is 1. The zero-order valence-corrected chi connectivity index (χ0v) is 15.6. The van der Waals surface area contributed by atoms with Crippen molar-refractivity contribution in [2.75, 3.05) is 37.6 Å². The summed E-state index contributed by atoms with van der Waals surface area (Å²) >= 11 is 0. The van der Waals surface area contributed by atoms with Crippen LogP contribution in [0, 0.1) is 6.92 Å². The fourth-order valence-electron chi connectivity index (χ4n) is 3.40. The number of aromatic nitrogens is 3. The van der Waals surface area contributed by atoms with Gasteiger partial charge in [0.25, 0.3) is 5.56 Å². The first-order valence-corrected chi connectivity index (χ1v) is 9.22. The third-order valence-electron chi connectivity index (χ3n) is 5.07. The Labute approximate surface area is 153 Å². The van der Waals surface area contributed by atoms with Crippen molar-refractivity contribution < 1.29 is 0 Å². The van der Waals surface area contributed by atoms with Crippen LogP contribution in [0.2, 0.25) is 0 Å². The molecule has 0 saturated carbocycles. The van der Waals surface area contributed by atoms with Gasteiger partial charge in [-0.05, 0) is 37.9 Å². The highest BCUT2D eigenvalue weighted by Gasteiger charge is 2.17. The standard InChI is InChI=1S/C19H27N5O2/c1-16-7-3-4-8-17(16)23-13-11-22(12-14-23)9-5-6-10-24-19(26)21(2)18(25)15-20-24/h3-4,7-8,15H,5-6,9-14H2,1-2H3. The van der Waals surface area contributed by atoms with Crippen molar-refractivity contribution in [1.82, 2.24) is 19.2 Å². The summed E-state index contributed by atoms with van der Waals surface area (Å²) in [5.74, 6) is 0. The molecule has 1 fully saturated rings. The highest BCUT2D eigenvalue weighted by Crippen LogP contribution is 2.20. The van der Waals surface area contributed by atoms with Crippen LogP contribution in [0.15, 0.2) is 40.1 Å². The fourth-order valence-corrected chi connectivity index (χ4v) is 3.40. The van der Waals surface area contributed by atoms with Crippen molar-refractivity contribution in [2.24, 2.45) is 7.05 Å². The van der Waals surface area contributed by atoms with E-state index in [4.69, 9.17) is 0 Å². The summed E-state index contributed by atoms with van der Waals surface area (Å²) in [6.07, 6.45) is 3.09. The van der Waals surface area contributed by atoms with Gasteiger partial charge in [-0.2, -0.15) is 5.10 Å². The lowest BCUT2D eigenvalue weighted by Gasteiger charge is -2.36. The molecular weight excluding hydrogens is 330 g/mol. The third kappa shape index (κ3) is 4.22. The molecule has 0 amide bonds. The summed E-state index contributed by atoms with van der Waals surface area (Å²) in [6, 6.07) is 8.55. The average Bonchev–Trinajstić information content (AvgIpc) is 2.66. The van der Waals surface area contributed by atoms with Crippen LogP contribution in [0.5, 0.6) is 0 Å². The topological polar surface area (TPSA) is 63.4 Å². The predicted octanol–water partition coefficient (Wildman–Crippen LogP) is 0.853. The lowest BCUT2D eigenvalue weighted by molar-refractivity contribution is 0.250. The Bertz CT molecular complexity index is 849. The molecule has 140 valence electrons. The van der Waals surface area contributed by atoms with E-state index < -0.39 is 0 Å². The predicted molar refractivity (Wildman–Crippen MR) is 103 cm³/mol. The molecule has 0 spiro atoms. The normalized spacial score (nSPS) is 15.4. The van der Waals surface area contributed by atoms with Gasteiger partial charge in [0.05, 0.1) is 0 Å². The summed E-state index contributed by atoms with van der Waals surface area (Å²) in [4.78, 5) is 28.2. The van der Waals surface area contributed by atoms with Gasteiger partial charge >= 0.3 is 5.69 Å². The molecule has 26 heavy (non-hydrogen) atoms. The van der Waals surface area contributed by atoms with E-state index in [1.54, 1.807) is 0 Å². The molecule has 7 nitrogen and oxygen atoms in total. The maximum atomic E-state index is 11.9. The van der Waals surface area contributed by atoms with Crippen LogP contribution in [-0.2, 0) is 13.6 Å². The maximum Gasteiger partial charge on any atom is 0.347 e. The number of hydrogen-bond acceptors (Lipinski definition) is 5. The molecule has 1 aromatic carbocycles. The van der Waals surface area contributed by atoms with Crippen LogP contribution < -0.4 is 16.1 Å². The molecular formula is C19H27N5O2.